The van der Waals surface area contributed by atoms with Gasteiger partial charge in [-0.3, -0.25) is 0 Å². The van der Waals surface area contributed by atoms with E-state index >= 15 is 0 Å². The van der Waals surface area contributed by atoms with Gasteiger partial charge in [-0.1, -0.05) is 36.8 Å². The molecule has 0 spiro atoms. The second-order valence-electron chi connectivity index (χ2n) is 4.52. The Kier molecular flexibility index (Phi) is 5.27. The summed E-state index contributed by atoms with van der Waals surface area (Å²) in [6.07, 6.45) is 2.18. The number of hydrogen-bond donors (Lipinski definition) is 1. The molecule has 0 aliphatic carbocycles. The lowest BCUT2D eigenvalue weighted by Crippen LogP contribution is -2.23. The average Bonchev–Trinajstić information content (AvgIpc) is 2.24. The van der Waals surface area contributed by atoms with E-state index in [9.17, 15) is 0 Å². The summed E-state index contributed by atoms with van der Waals surface area (Å²) in [5, 5.41) is 3.60. The van der Waals surface area contributed by atoms with Gasteiger partial charge < -0.3 is 5.32 Å². The molecule has 0 aromatic heterocycles. The van der Waals surface area contributed by atoms with Crippen molar-refractivity contribution in [3.8, 4) is 0 Å². The lowest BCUT2D eigenvalue weighted by atomic mass is 9.96. The van der Waals surface area contributed by atoms with Crippen molar-refractivity contribution in [1.82, 2.24) is 5.32 Å². The zero-order chi connectivity index (χ0) is 12.0. The molecule has 1 aromatic carbocycles. The van der Waals surface area contributed by atoms with Gasteiger partial charge in [0, 0.05) is 6.04 Å². The van der Waals surface area contributed by atoms with Crippen LogP contribution in [0.1, 0.15) is 43.9 Å². The van der Waals surface area contributed by atoms with E-state index in [4.69, 9.17) is 0 Å². The van der Waals surface area contributed by atoms with Crippen molar-refractivity contribution in [3.63, 3.8) is 0 Å². The highest BCUT2D eigenvalue weighted by Crippen LogP contribution is 2.23. The zero-order valence-corrected chi connectivity index (χ0v) is 10.7. The minimum atomic E-state index is 0.415. The second-order valence-corrected chi connectivity index (χ2v) is 4.52. The van der Waals surface area contributed by atoms with Crippen LogP contribution in [0.5, 0.6) is 0 Å². The third-order valence-electron chi connectivity index (χ3n) is 2.76. The number of nitrogens with one attached hydrogen (secondary N) is 1. The third-order valence-corrected chi connectivity index (χ3v) is 2.76. The first-order chi connectivity index (χ1) is 7.65. The summed E-state index contributed by atoms with van der Waals surface area (Å²) in [4.78, 5) is 0. The molecule has 0 bridgehead atoms. The molecule has 0 saturated carbocycles. The molecule has 1 heteroatoms. The normalized spacial score (nSPS) is 12.4. The molecule has 1 N–H and O–H groups in total. The Labute approximate surface area is 99.6 Å². The summed E-state index contributed by atoms with van der Waals surface area (Å²) in [6, 6.07) is 9.01. The van der Waals surface area contributed by atoms with Crippen molar-refractivity contribution >= 4 is 0 Å². The van der Waals surface area contributed by atoms with Gasteiger partial charge in [-0.05, 0) is 44.4 Å². The highest BCUT2D eigenvalue weighted by Gasteiger charge is 2.12. The molecule has 0 radical (unpaired) electrons. The van der Waals surface area contributed by atoms with Crippen LogP contribution in [0.3, 0.4) is 0 Å². The monoisotopic (exact) mass is 217 g/mol. The van der Waals surface area contributed by atoms with E-state index in [-0.39, 0.29) is 0 Å². The smallest absolute Gasteiger partial charge is 0.0360 e. The summed E-state index contributed by atoms with van der Waals surface area (Å²) in [5.41, 5.74) is 3.99. The van der Waals surface area contributed by atoms with E-state index < -0.39 is 0 Å². The van der Waals surface area contributed by atoms with Gasteiger partial charge in [0.25, 0.3) is 0 Å². The molecule has 1 unspecified atom stereocenters. The van der Waals surface area contributed by atoms with Gasteiger partial charge in [0.1, 0.15) is 0 Å². The number of rotatable bonds is 6. The van der Waals surface area contributed by atoms with Gasteiger partial charge in [-0.15, -0.1) is 6.58 Å². The Morgan fingerprint density at radius 1 is 1.38 bits per heavy atom. The molecule has 1 aromatic rings. The first kappa shape index (κ1) is 13.0. The highest BCUT2D eigenvalue weighted by molar-refractivity contribution is 5.29. The highest BCUT2D eigenvalue weighted by atomic mass is 14.9. The van der Waals surface area contributed by atoms with Crippen molar-refractivity contribution in [1.29, 1.82) is 0 Å². The Hall–Kier alpha value is -1.08. The number of aryl methyl sites for hydroxylation is 1. The molecule has 16 heavy (non-hydrogen) atoms. The number of benzene rings is 1. The molecule has 0 amide bonds. The maximum absolute atomic E-state index is 4.02. The molecular formula is C15H23N. The lowest BCUT2D eigenvalue weighted by Gasteiger charge is -2.21. The van der Waals surface area contributed by atoms with E-state index in [1.807, 2.05) is 0 Å². The lowest BCUT2D eigenvalue weighted by molar-refractivity contribution is 0.526. The minimum absolute atomic E-state index is 0.415. The van der Waals surface area contributed by atoms with Gasteiger partial charge in [0.05, 0.1) is 0 Å². The fourth-order valence-electron chi connectivity index (χ4n) is 1.94. The predicted molar refractivity (Wildman–Crippen MR) is 71.6 cm³/mol. The summed E-state index contributed by atoms with van der Waals surface area (Å²) in [7, 11) is 0. The van der Waals surface area contributed by atoms with Gasteiger partial charge in [-0.2, -0.15) is 0 Å². The van der Waals surface area contributed by atoms with Crippen LogP contribution in [0.15, 0.2) is 36.4 Å². The second kappa shape index (κ2) is 6.49. The Bertz CT molecular complexity index is 341. The number of hydrogen-bond acceptors (Lipinski definition) is 1. The summed E-state index contributed by atoms with van der Waals surface area (Å²) in [5.74, 6) is 0. The maximum atomic E-state index is 4.02. The predicted octanol–water partition coefficient (Wildman–Crippen LogP) is 4.00. The molecule has 1 atom stereocenters. The van der Waals surface area contributed by atoms with Gasteiger partial charge in [0.15, 0.2) is 0 Å². The van der Waals surface area contributed by atoms with E-state index in [0.29, 0.717) is 6.04 Å². The average molecular weight is 217 g/mol. The van der Waals surface area contributed by atoms with Crippen LogP contribution >= 0.6 is 0 Å². The van der Waals surface area contributed by atoms with E-state index in [0.717, 1.165) is 13.0 Å². The zero-order valence-electron chi connectivity index (χ0n) is 10.7. The van der Waals surface area contributed by atoms with Gasteiger partial charge >= 0.3 is 0 Å². The molecule has 0 aliphatic heterocycles. The topological polar surface area (TPSA) is 12.0 Å². The SMILES string of the molecule is C=C(C)CC(NCCC)c1ccccc1C. The van der Waals surface area contributed by atoms with E-state index in [1.54, 1.807) is 0 Å². The maximum Gasteiger partial charge on any atom is 0.0360 e. The Balaban J connectivity index is 2.82. The molecule has 0 aliphatic rings. The third kappa shape index (κ3) is 3.82. The van der Waals surface area contributed by atoms with E-state index in [1.165, 1.54) is 23.1 Å². The molecule has 0 heterocycles. The molecule has 0 fully saturated rings. The van der Waals surface area contributed by atoms with Crippen molar-refractivity contribution < 1.29 is 0 Å². The van der Waals surface area contributed by atoms with Gasteiger partial charge in [0.2, 0.25) is 0 Å². The summed E-state index contributed by atoms with van der Waals surface area (Å²) in [6.45, 7) is 11.5. The Morgan fingerprint density at radius 3 is 2.62 bits per heavy atom. The van der Waals surface area contributed by atoms with Crippen LogP contribution in [-0.4, -0.2) is 6.54 Å². The van der Waals surface area contributed by atoms with Crippen molar-refractivity contribution in [2.45, 2.75) is 39.7 Å². The Morgan fingerprint density at radius 2 is 2.06 bits per heavy atom. The van der Waals surface area contributed by atoms with Crippen LogP contribution < -0.4 is 5.32 Å². The van der Waals surface area contributed by atoms with Gasteiger partial charge in [-0.25, -0.2) is 0 Å². The molecule has 88 valence electrons. The van der Waals surface area contributed by atoms with Crippen LogP contribution in [0, 0.1) is 6.92 Å². The fraction of sp³-hybridized carbons (Fsp3) is 0.467. The molecule has 1 rings (SSSR count). The van der Waals surface area contributed by atoms with Crippen LogP contribution in [0.4, 0.5) is 0 Å². The first-order valence-electron chi connectivity index (χ1n) is 6.08. The van der Waals surface area contributed by atoms with Crippen molar-refractivity contribution in [2.75, 3.05) is 6.54 Å². The largest absolute Gasteiger partial charge is 0.310 e. The fourth-order valence-corrected chi connectivity index (χ4v) is 1.94. The van der Waals surface area contributed by atoms with E-state index in [2.05, 4.69) is 56.9 Å². The van der Waals surface area contributed by atoms with Crippen molar-refractivity contribution in [2.24, 2.45) is 0 Å². The molecular weight excluding hydrogens is 194 g/mol. The first-order valence-corrected chi connectivity index (χ1v) is 6.08. The minimum Gasteiger partial charge on any atom is -0.310 e. The summed E-state index contributed by atoms with van der Waals surface area (Å²) < 4.78 is 0. The molecule has 1 nitrogen and oxygen atoms in total. The van der Waals surface area contributed by atoms with Crippen molar-refractivity contribution in [3.05, 3.63) is 47.5 Å². The van der Waals surface area contributed by atoms with Crippen LogP contribution in [0.2, 0.25) is 0 Å². The quantitative estimate of drug-likeness (QED) is 0.710. The standard InChI is InChI=1S/C15H23N/c1-5-10-16-15(11-12(2)3)14-9-7-6-8-13(14)4/h6-9,15-16H,2,5,10-11H2,1,3-4H3. The van der Waals surface area contributed by atoms with Crippen LogP contribution in [0.25, 0.3) is 0 Å². The molecule has 0 saturated heterocycles. The van der Waals surface area contributed by atoms with Crippen LogP contribution in [-0.2, 0) is 0 Å². The summed E-state index contributed by atoms with van der Waals surface area (Å²) >= 11 is 0.